The number of amides is 2. The van der Waals surface area contributed by atoms with Crippen molar-refractivity contribution in [3.8, 4) is 0 Å². The fourth-order valence-electron chi connectivity index (χ4n) is 3.11. The van der Waals surface area contributed by atoms with Crippen molar-refractivity contribution in [2.45, 2.75) is 66.1 Å². The molecule has 0 aliphatic rings. The normalized spacial score (nSPS) is 12.9. The van der Waals surface area contributed by atoms with Crippen LogP contribution in [0.15, 0.2) is 42.5 Å². The maximum absolute atomic E-state index is 14.2. The number of hydrogen-bond donors (Lipinski definition) is 1. The van der Waals surface area contributed by atoms with E-state index in [9.17, 15) is 14.0 Å². The standard InChI is InChI=1S/C24H31FN2O2/c1-6-18(4)26-24(29)19(5)27(15-20-9-7-8-10-22(20)25)23(28)14-21-13-16(2)11-12-17(21)3/h7-13,18-19H,6,14-15H2,1-5H3,(H,26,29)/t18-,19-/m0/s1. The predicted octanol–water partition coefficient (Wildman–Crippen LogP) is 4.32. The first-order chi connectivity index (χ1) is 13.7. The van der Waals surface area contributed by atoms with E-state index in [1.807, 2.05) is 45.9 Å². The Morgan fingerprint density at radius 2 is 1.76 bits per heavy atom. The molecule has 0 bridgehead atoms. The molecule has 156 valence electrons. The number of nitrogens with one attached hydrogen (secondary N) is 1. The van der Waals surface area contributed by atoms with Crippen LogP contribution in [0.5, 0.6) is 0 Å². The van der Waals surface area contributed by atoms with E-state index in [0.29, 0.717) is 5.56 Å². The van der Waals surface area contributed by atoms with Crippen LogP contribution in [0.1, 0.15) is 49.4 Å². The first-order valence-corrected chi connectivity index (χ1v) is 10.1. The summed E-state index contributed by atoms with van der Waals surface area (Å²) in [6.45, 7) is 9.59. The lowest BCUT2D eigenvalue weighted by molar-refractivity contribution is -0.140. The van der Waals surface area contributed by atoms with Crippen LogP contribution < -0.4 is 5.32 Å². The maximum atomic E-state index is 14.2. The highest BCUT2D eigenvalue weighted by molar-refractivity contribution is 5.88. The topological polar surface area (TPSA) is 49.4 Å². The van der Waals surface area contributed by atoms with Gasteiger partial charge in [-0.25, -0.2) is 4.39 Å². The summed E-state index contributed by atoms with van der Waals surface area (Å²) in [4.78, 5) is 27.4. The molecule has 2 amide bonds. The summed E-state index contributed by atoms with van der Waals surface area (Å²) in [5.74, 6) is -0.815. The third-order valence-electron chi connectivity index (χ3n) is 5.31. The number of halogens is 1. The van der Waals surface area contributed by atoms with Crippen molar-refractivity contribution in [3.05, 3.63) is 70.5 Å². The van der Waals surface area contributed by atoms with Crippen LogP contribution in [-0.4, -0.2) is 28.8 Å². The molecule has 2 aromatic carbocycles. The van der Waals surface area contributed by atoms with Crippen LogP contribution >= 0.6 is 0 Å². The monoisotopic (exact) mass is 398 g/mol. The molecular formula is C24H31FN2O2. The van der Waals surface area contributed by atoms with Gasteiger partial charge < -0.3 is 10.2 Å². The summed E-state index contributed by atoms with van der Waals surface area (Å²) in [6, 6.07) is 11.6. The Bertz CT molecular complexity index is 866. The molecular weight excluding hydrogens is 367 g/mol. The Balaban J connectivity index is 2.29. The second-order valence-corrected chi connectivity index (χ2v) is 7.71. The van der Waals surface area contributed by atoms with Crippen molar-refractivity contribution in [2.75, 3.05) is 0 Å². The van der Waals surface area contributed by atoms with E-state index in [2.05, 4.69) is 5.32 Å². The summed E-state index contributed by atoms with van der Waals surface area (Å²) in [5, 5.41) is 2.92. The van der Waals surface area contributed by atoms with Gasteiger partial charge in [-0.2, -0.15) is 0 Å². The Morgan fingerprint density at radius 1 is 1.07 bits per heavy atom. The lowest BCUT2D eigenvalue weighted by atomic mass is 10.0. The highest BCUT2D eigenvalue weighted by atomic mass is 19.1. The SMILES string of the molecule is CC[C@H](C)NC(=O)[C@H](C)N(Cc1ccccc1F)C(=O)Cc1cc(C)ccc1C. The van der Waals surface area contributed by atoms with Gasteiger partial charge in [0, 0.05) is 18.2 Å². The van der Waals surface area contributed by atoms with Gasteiger partial charge >= 0.3 is 0 Å². The van der Waals surface area contributed by atoms with Crippen molar-refractivity contribution in [1.29, 1.82) is 0 Å². The fourth-order valence-corrected chi connectivity index (χ4v) is 3.11. The van der Waals surface area contributed by atoms with Gasteiger partial charge in [-0.1, -0.05) is 48.9 Å². The molecule has 0 saturated heterocycles. The summed E-state index contributed by atoms with van der Waals surface area (Å²) < 4.78 is 14.2. The van der Waals surface area contributed by atoms with Crippen molar-refractivity contribution in [1.82, 2.24) is 10.2 Å². The van der Waals surface area contributed by atoms with Gasteiger partial charge in [-0.15, -0.1) is 0 Å². The third kappa shape index (κ3) is 6.14. The molecule has 5 heteroatoms. The quantitative estimate of drug-likeness (QED) is 0.720. The van der Waals surface area contributed by atoms with Gasteiger partial charge in [0.1, 0.15) is 11.9 Å². The molecule has 0 saturated carbocycles. The minimum absolute atomic E-state index is 0.00869. The number of nitrogens with zero attached hydrogens (tertiary/aromatic N) is 1. The number of carbonyl (C=O) groups is 2. The first-order valence-electron chi connectivity index (χ1n) is 10.1. The van der Waals surface area contributed by atoms with Gasteiger partial charge in [0.25, 0.3) is 0 Å². The summed E-state index contributed by atoms with van der Waals surface area (Å²) in [7, 11) is 0. The molecule has 0 aromatic heterocycles. The zero-order valence-electron chi connectivity index (χ0n) is 18.0. The van der Waals surface area contributed by atoms with Crippen LogP contribution in [-0.2, 0) is 22.6 Å². The molecule has 4 nitrogen and oxygen atoms in total. The molecule has 0 aliphatic heterocycles. The second kappa shape index (κ2) is 10.2. The lowest BCUT2D eigenvalue weighted by Gasteiger charge is -2.30. The van der Waals surface area contributed by atoms with Crippen molar-refractivity contribution in [2.24, 2.45) is 0 Å². The number of hydrogen-bond acceptors (Lipinski definition) is 2. The molecule has 2 aromatic rings. The van der Waals surface area contributed by atoms with Crippen LogP contribution in [0.4, 0.5) is 4.39 Å². The van der Waals surface area contributed by atoms with Crippen LogP contribution in [0, 0.1) is 19.7 Å². The minimum atomic E-state index is -0.707. The van der Waals surface area contributed by atoms with E-state index in [1.54, 1.807) is 25.1 Å². The number of carbonyl (C=O) groups excluding carboxylic acids is 2. The molecule has 0 unspecified atom stereocenters. The zero-order valence-corrected chi connectivity index (χ0v) is 18.0. The smallest absolute Gasteiger partial charge is 0.242 e. The molecule has 0 fully saturated rings. The van der Waals surface area contributed by atoms with Gasteiger partial charge in [0.2, 0.25) is 11.8 Å². The highest BCUT2D eigenvalue weighted by Crippen LogP contribution is 2.17. The van der Waals surface area contributed by atoms with Gasteiger partial charge in [0.15, 0.2) is 0 Å². The Labute approximate surface area is 173 Å². The number of benzene rings is 2. The van der Waals surface area contributed by atoms with E-state index in [1.165, 1.54) is 11.0 Å². The van der Waals surface area contributed by atoms with Crippen LogP contribution in [0.25, 0.3) is 0 Å². The third-order valence-corrected chi connectivity index (χ3v) is 5.31. The minimum Gasteiger partial charge on any atom is -0.352 e. The molecule has 29 heavy (non-hydrogen) atoms. The van der Waals surface area contributed by atoms with E-state index in [0.717, 1.165) is 23.1 Å². The van der Waals surface area contributed by atoms with Gasteiger partial charge in [-0.05, 0) is 51.3 Å². The van der Waals surface area contributed by atoms with Gasteiger partial charge in [0.05, 0.1) is 6.42 Å². The average molecular weight is 399 g/mol. The zero-order chi connectivity index (χ0) is 21.6. The number of aryl methyl sites for hydroxylation is 2. The fraction of sp³-hybridized carbons (Fsp3) is 0.417. The molecule has 0 spiro atoms. The summed E-state index contributed by atoms with van der Waals surface area (Å²) >= 11 is 0. The highest BCUT2D eigenvalue weighted by Gasteiger charge is 2.27. The molecule has 2 rings (SSSR count). The first kappa shape index (κ1) is 22.6. The van der Waals surface area contributed by atoms with Crippen molar-refractivity contribution >= 4 is 11.8 Å². The second-order valence-electron chi connectivity index (χ2n) is 7.71. The Morgan fingerprint density at radius 3 is 2.41 bits per heavy atom. The van der Waals surface area contributed by atoms with E-state index < -0.39 is 6.04 Å². The van der Waals surface area contributed by atoms with Gasteiger partial charge in [-0.3, -0.25) is 9.59 Å². The van der Waals surface area contributed by atoms with Crippen LogP contribution in [0.3, 0.4) is 0 Å². The largest absolute Gasteiger partial charge is 0.352 e. The van der Waals surface area contributed by atoms with E-state index in [4.69, 9.17) is 0 Å². The predicted molar refractivity (Wildman–Crippen MR) is 114 cm³/mol. The average Bonchev–Trinajstić information content (AvgIpc) is 2.69. The lowest BCUT2D eigenvalue weighted by Crippen LogP contribution is -2.50. The van der Waals surface area contributed by atoms with Crippen molar-refractivity contribution < 1.29 is 14.0 Å². The van der Waals surface area contributed by atoms with Crippen molar-refractivity contribution in [3.63, 3.8) is 0 Å². The molecule has 2 atom stereocenters. The summed E-state index contributed by atoms with van der Waals surface area (Å²) in [5.41, 5.74) is 3.40. The van der Waals surface area contributed by atoms with Crippen LogP contribution in [0.2, 0.25) is 0 Å². The molecule has 0 aliphatic carbocycles. The maximum Gasteiger partial charge on any atom is 0.242 e. The molecule has 0 radical (unpaired) electrons. The van der Waals surface area contributed by atoms with E-state index in [-0.39, 0.29) is 36.6 Å². The Kier molecular flexibility index (Phi) is 7.94. The molecule has 1 N–H and O–H groups in total. The summed E-state index contributed by atoms with van der Waals surface area (Å²) in [6.07, 6.45) is 0.963. The van der Waals surface area contributed by atoms with E-state index >= 15 is 0 Å². The number of rotatable bonds is 8. The molecule has 0 heterocycles. The Hall–Kier alpha value is -2.69.